The van der Waals surface area contributed by atoms with Crippen LogP contribution in [0.2, 0.25) is 0 Å². The number of benzene rings is 1. The number of esters is 1. The second-order valence-corrected chi connectivity index (χ2v) is 4.66. The van der Waals surface area contributed by atoms with Gasteiger partial charge in [-0.2, -0.15) is 0 Å². The molecule has 106 valence electrons. The molecule has 1 aromatic carbocycles. The maximum absolute atomic E-state index is 13.2. The van der Waals surface area contributed by atoms with Crippen molar-refractivity contribution in [2.24, 2.45) is 0 Å². The van der Waals surface area contributed by atoms with Crippen molar-refractivity contribution < 1.29 is 13.9 Å². The molecule has 0 saturated carbocycles. The van der Waals surface area contributed by atoms with E-state index in [0.29, 0.717) is 0 Å². The minimum Gasteiger partial charge on any atom is -0.468 e. The molecule has 0 fully saturated rings. The third-order valence-corrected chi connectivity index (χ3v) is 3.13. The van der Waals surface area contributed by atoms with Gasteiger partial charge in [0.15, 0.2) is 0 Å². The summed E-state index contributed by atoms with van der Waals surface area (Å²) in [5, 5.41) is 3.20. The number of unbranched alkanes of at least 4 members (excludes halogenated alkanes) is 1. The molecule has 0 aliphatic rings. The van der Waals surface area contributed by atoms with Gasteiger partial charge in [0.25, 0.3) is 0 Å². The Bertz CT molecular complexity index is 409. The fourth-order valence-corrected chi connectivity index (χ4v) is 1.99. The third-order valence-electron chi connectivity index (χ3n) is 3.13. The summed E-state index contributed by atoms with van der Waals surface area (Å²) in [6.07, 6.45) is 2.69. The second-order valence-electron chi connectivity index (χ2n) is 4.66. The van der Waals surface area contributed by atoms with Crippen molar-refractivity contribution in [2.75, 3.05) is 7.11 Å². The third kappa shape index (κ3) is 4.99. The van der Waals surface area contributed by atoms with E-state index >= 15 is 0 Å². The van der Waals surface area contributed by atoms with Gasteiger partial charge in [-0.05, 0) is 31.0 Å². The van der Waals surface area contributed by atoms with Gasteiger partial charge in [0, 0.05) is 6.04 Å². The molecule has 1 unspecified atom stereocenters. The van der Waals surface area contributed by atoms with Crippen molar-refractivity contribution >= 4 is 5.97 Å². The number of ether oxygens (including phenoxy) is 1. The minimum absolute atomic E-state index is 0.100. The molecule has 4 heteroatoms. The Hall–Kier alpha value is -1.42. The molecule has 2 atom stereocenters. The van der Waals surface area contributed by atoms with Crippen LogP contribution < -0.4 is 5.32 Å². The van der Waals surface area contributed by atoms with Gasteiger partial charge >= 0.3 is 5.97 Å². The molecule has 0 spiro atoms. The normalized spacial score (nSPS) is 13.9. The van der Waals surface area contributed by atoms with Crippen LogP contribution in [0.1, 0.15) is 44.7 Å². The summed E-state index contributed by atoms with van der Waals surface area (Å²) in [6.45, 7) is 3.99. The van der Waals surface area contributed by atoms with Gasteiger partial charge in [-0.25, -0.2) is 4.39 Å². The maximum Gasteiger partial charge on any atom is 0.322 e. The first-order valence-electron chi connectivity index (χ1n) is 6.67. The van der Waals surface area contributed by atoms with Gasteiger partial charge in [-0.1, -0.05) is 31.9 Å². The number of hydrogen-bond acceptors (Lipinski definition) is 3. The van der Waals surface area contributed by atoms with E-state index in [1.54, 1.807) is 6.07 Å². The van der Waals surface area contributed by atoms with Gasteiger partial charge in [-0.15, -0.1) is 0 Å². The van der Waals surface area contributed by atoms with Crippen LogP contribution in [0.5, 0.6) is 0 Å². The molecule has 0 bridgehead atoms. The predicted octanol–water partition coefficient (Wildman–Crippen LogP) is 3.21. The van der Waals surface area contributed by atoms with Crippen LogP contribution in [0.3, 0.4) is 0 Å². The average Bonchev–Trinajstić information content (AvgIpc) is 2.42. The predicted molar refractivity (Wildman–Crippen MR) is 73.3 cm³/mol. The van der Waals surface area contributed by atoms with Crippen molar-refractivity contribution in [3.8, 4) is 0 Å². The fourth-order valence-electron chi connectivity index (χ4n) is 1.99. The van der Waals surface area contributed by atoms with E-state index in [2.05, 4.69) is 12.2 Å². The fraction of sp³-hybridized carbons (Fsp3) is 0.533. The van der Waals surface area contributed by atoms with E-state index in [-0.39, 0.29) is 23.9 Å². The highest BCUT2D eigenvalue weighted by molar-refractivity contribution is 5.75. The molecule has 0 heterocycles. The highest BCUT2D eigenvalue weighted by atomic mass is 19.1. The molecule has 0 radical (unpaired) electrons. The number of rotatable bonds is 7. The van der Waals surface area contributed by atoms with Gasteiger partial charge in [0.05, 0.1) is 7.11 Å². The molecule has 0 amide bonds. The van der Waals surface area contributed by atoms with Crippen molar-refractivity contribution in [1.82, 2.24) is 5.32 Å². The minimum atomic E-state index is -0.344. The Kier molecular flexibility index (Phi) is 6.50. The monoisotopic (exact) mass is 267 g/mol. The van der Waals surface area contributed by atoms with E-state index in [1.165, 1.54) is 19.2 Å². The molecule has 3 nitrogen and oxygen atoms in total. The van der Waals surface area contributed by atoms with E-state index in [0.717, 1.165) is 24.8 Å². The zero-order valence-corrected chi connectivity index (χ0v) is 11.8. The lowest BCUT2D eigenvalue weighted by atomic mass is 10.0. The molecular formula is C15H22FNO2. The van der Waals surface area contributed by atoms with Crippen LogP contribution >= 0.6 is 0 Å². The maximum atomic E-state index is 13.2. The number of methoxy groups -OCH3 is 1. The van der Waals surface area contributed by atoms with Gasteiger partial charge in [0.1, 0.15) is 11.9 Å². The van der Waals surface area contributed by atoms with Crippen LogP contribution in [-0.4, -0.2) is 19.1 Å². The number of nitrogens with one attached hydrogen (secondary N) is 1. The van der Waals surface area contributed by atoms with E-state index < -0.39 is 0 Å². The number of hydrogen-bond donors (Lipinski definition) is 1. The van der Waals surface area contributed by atoms with Crippen molar-refractivity contribution in [1.29, 1.82) is 0 Å². The SMILES string of the molecule is CCCCC(N[C@@H](C)c1cccc(F)c1)C(=O)OC. The van der Waals surface area contributed by atoms with Crippen LogP contribution in [0.15, 0.2) is 24.3 Å². The highest BCUT2D eigenvalue weighted by Crippen LogP contribution is 2.16. The molecule has 1 rings (SSSR count). The quantitative estimate of drug-likeness (QED) is 0.771. The molecule has 0 aromatic heterocycles. The van der Waals surface area contributed by atoms with E-state index in [9.17, 15) is 9.18 Å². The summed E-state index contributed by atoms with van der Waals surface area (Å²) in [5.74, 6) is -0.536. The zero-order chi connectivity index (χ0) is 14.3. The molecule has 19 heavy (non-hydrogen) atoms. The standard InChI is InChI=1S/C15H22FNO2/c1-4-5-9-14(15(18)19-3)17-11(2)12-7-6-8-13(16)10-12/h6-8,10-11,14,17H,4-5,9H2,1-3H3/t11-,14?/m0/s1. The molecule has 0 aliphatic carbocycles. The van der Waals surface area contributed by atoms with Gasteiger partial charge < -0.3 is 4.74 Å². The van der Waals surface area contributed by atoms with Crippen LogP contribution in [0, 0.1) is 5.82 Å². The van der Waals surface area contributed by atoms with Crippen molar-refractivity contribution in [3.05, 3.63) is 35.6 Å². The van der Waals surface area contributed by atoms with E-state index in [1.807, 2.05) is 13.0 Å². The summed E-state index contributed by atoms with van der Waals surface area (Å²) in [5.41, 5.74) is 0.824. The van der Waals surface area contributed by atoms with Gasteiger partial charge in [-0.3, -0.25) is 10.1 Å². The average molecular weight is 267 g/mol. The topological polar surface area (TPSA) is 38.3 Å². The highest BCUT2D eigenvalue weighted by Gasteiger charge is 2.21. The number of carbonyl (C=O) groups is 1. The summed E-state index contributed by atoms with van der Waals surface area (Å²) < 4.78 is 18.0. The first-order valence-corrected chi connectivity index (χ1v) is 6.67. The molecular weight excluding hydrogens is 245 g/mol. The summed E-state index contributed by atoms with van der Waals surface area (Å²) in [6, 6.07) is 5.95. The lowest BCUT2D eigenvalue weighted by molar-refractivity contribution is -0.143. The summed E-state index contributed by atoms with van der Waals surface area (Å²) in [4.78, 5) is 11.7. The Morgan fingerprint density at radius 1 is 1.47 bits per heavy atom. The first-order chi connectivity index (χ1) is 9.08. The largest absolute Gasteiger partial charge is 0.468 e. The summed E-state index contributed by atoms with van der Waals surface area (Å²) in [7, 11) is 1.38. The van der Waals surface area contributed by atoms with Crippen molar-refractivity contribution in [3.63, 3.8) is 0 Å². The second kappa shape index (κ2) is 7.89. The lowest BCUT2D eigenvalue weighted by Crippen LogP contribution is -2.39. The molecule has 0 saturated heterocycles. The first kappa shape index (κ1) is 15.6. The smallest absolute Gasteiger partial charge is 0.322 e. The lowest BCUT2D eigenvalue weighted by Gasteiger charge is -2.21. The number of carbonyl (C=O) groups excluding carboxylic acids is 1. The van der Waals surface area contributed by atoms with Gasteiger partial charge in [0.2, 0.25) is 0 Å². The Labute approximate surface area is 114 Å². The van der Waals surface area contributed by atoms with Crippen LogP contribution in [-0.2, 0) is 9.53 Å². The Morgan fingerprint density at radius 2 is 2.21 bits per heavy atom. The van der Waals surface area contributed by atoms with Crippen LogP contribution in [0.4, 0.5) is 4.39 Å². The Morgan fingerprint density at radius 3 is 2.79 bits per heavy atom. The van der Waals surface area contributed by atoms with Crippen molar-refractivity contribution in [2.45, 2.75) is 45.2 Å². The van der Waals surface area contributed by atoms with Crippen LogP contribution in [0.25, 0.3) is 0 Å². The zero-order valence-electron chi connectivity index (χ0n) is 11.8. The van der Waals surface area contributed by atoms with E-state index in [4.69, 9.17) is 4.74 Å². The molecule has 0 aliphatic heterocycles. The number of halogens is 1. The molecule has 1 aromatic rings. The Balaban J connectivity index is 2.69. The molecule has 1 N–H and O–H groups in total. The summed E-state index contributed by atoms with van der Waals surface area (Å²) >= 11 is 0.